The van der Waals surface area contributed by atoms with Gasteiger partial charge in [-0.05, 0) is 30.3 Å². The number of carbonyl (C=O) groups is 2. The molecule has 0 saturated heterocycles. The minimum absolute atomic E-state index is 0.241. The lowest BCUT2D eigenvalue weighted by Crippen LogP contribution is -2.26. The number of hydrogen-bond donors (Lipinski definition) is 3. The van der Waals surface area contributed by atoms with Crippen LogP contribution in [0.3, 0.4) is 0 Å². The Hall–Kier alpha value is -4.01. The summed E-state index contributed by atoms with van der Waals surface area (Å²) in [5, 5.41) is 8.06. The highest BCUT2D eigenvalue weighted by molar-refractivity contribution is 6.01. The monoisotopic (exact) mass is 392 g/mol. The normalized spacial score (nSPS) is 10.1. The van der Waals surface area contributed by atoms with Gasteiger partial charge in [0.25, 0.3) is 5.91 Å². The molecule has 0 aliphatic heterocycles. The van der Waals surface area contributed by atoms with Crippen LogP contribution >= 0.6 is 0 Å². The van der Waals surface area contributed by atoms with E-state index in [1.54, 1.807) is 24.4 Å². The maximum absolute atomic E-state index is 12.4. The highest BCUT2D eigenvalue weighted by Crippen LogP contribution is 2.25. The van der Waals surface area contributed by atoms with Crippen LogP contribution in [0.5, 0.6) is 5.75 Å². The summed E-state index contributed by atoms with van der Waals surface area (Å²) in [5.74, 6) is 0.430. The minimum Gasteiger partial charge on any atom is -0.495 e. The largest absolute Gasteiger partial charge is 0.495 e. The van der Waals surface area contributed by atoms with Gasteiger partial charge in [-0.25, -0.2) is 9.78 Å². The van der Waals surface area contributed by atoms with Gasteiger partial charge in [-0.15, -0.1) is 0 Å². The number of rotatable bonds is 7. The Morgan fingerprint density at radius 3 is 2.66 bits per heavy atom. The molecule has 0 fully saturated rings. The van der Waals surface area contributed by atoms with Crippen molar-refractivity contribution in [3.05, 3.63) is 72.4 Å². The van der Waals surface area contributed by atoms with Crippen LogP contribution in [0.4, 0.5) is 16.3 Å². The molecule has 3 aromatic rings. The summed E-state index contributed by atoms with van der Waals surface area (Å²) >= 11 is 0. The zero-order valence-corrected chi connectivity index (χ0v) is 15.8. The van der Waals surface area contributed by atoms with Crippen molar-refractivity contribution < 1.29 is 14.3 Å². The van der Waals surface area contributed by atoms with E-state index in [1.165, 1.54) is 25.7 Å². The molecule has 3 N–H and O–H groups in total. The molecule has 3 rings (SSSR count). The Morgan fingerprint density at radius 2 is 1.93 bits per heavy atom. The fourth-order valence-corrected chi connectivity index (χ4v) is 2.52. The van der Waals surface area contributed by atoms with Crippen molar-refractivity contribution in [2.75, 3.05) is 24.3 Å². The number of anilines is 2. The molecule has 0 spiro atoms. The Bertz CT molecular complexity index is 966. The van der Waals surface area contributed by atoms with Crippen molar-refractivity contribution in [2.24, 2.45) is 0 Å². The van der Waals surface area contributed by atoms with Gasteiger partial charge in [0.15, 0.2) is 5.82 Å². The summed E-state index contributed by atoms with van der Waals surface area (Å²) in [7, 11) is 1.46. The van der Waals surface area contributed by atoms with E-state index < -0.39 is 6.03 Å². The number of hydrogen-bond acceptors (Lipinski definition) is 6. The number of methoxy groups -OCH3 is 1. The second-order valence-corrected chi connectivity index (χ2v) is 5.91. The smallest absolute Gasteiger partial charge is 0.324 e. The van der Waals surface area contributed by atoms with Gasteiger partial charge in [-0.1, -0.05) is 6.07 Å². The first-order valence-corrected chi connectivity index (χ1v) is 8.86. The van der Waals surface area contributed by atoms with Gasteiger partial charge in [0.1, 0.15) is 5.75 Å². The summed E-state index contributed by atoms with van der Waals surface area (Å²) < 4.78 is 5.30. The van der Waals surface area contributed by atoms with Crippen LogP contribution in [0, 0.1) is 0 Å². The molecule has 3 amide bonds. The molecule has 0 aliphatic carbocycles. The number of pyridine rings is 1. The predicted octanol–water partition coefficient (Wildman–Crippen LogP) is 2.50. The van der Waals surface area contributed by atoms with E-state index in [9.17, 15) is 9.59 Å². The lowest BCUT2D eigenvalue weighted by molar-refractivity contribution is 0.0953. The number of nitrogens with one attached hydrogen (secondary N) is 3. The van der Waals surface area contributed by atoms with Crippen LogP contribution in [-0.2, 0) is 6.42 Å². The van der Waals surface area contributed by atoms with Crippen LogP contribution < -0.4 is 20.7 Å². The maximum Gasteiger partial charge on any atom is 0.324 e. The first-order valence-electron chi connectivity index (χ1n) is 8.86. The van der Waals surface area contributed by atoms with Gasteiger partial charge in [0.2, 0.25) is 0 Å². The van der Waals surface area contributed by atoms with Crippen molar-refractivity contribution in [3.8, 4) is 5.75 Å². The molecule has 1 aromatic carbocycles. The zero-order valence-electron chi connectivity index (χ0n) is 15.8. The maximum atomic E-state index is 12.4. The fraction of sp³-hybridized carbons (Fsp3) is 0.150. The third-order valence-corrected chi connectivity index (χ3v) is 3.91. The van der Waals surface area contributed by atoms with Gasteiger partial charge in [-0.2, -0.15) is 0 Å². The van der Waals surface area contributed by atoms with E-state index in [4.69, 9.17) is 4.74 Å². The van der Waals surface area contributed by atoms with Crippen molar-refractivity contribution >= 4 is 23.4 Å². The SMILES string of the molecule is COc1cc(C(=O)NCCc2ccccn2)ccc1NC(=O)Nc1cnccn1. The van der Waals surface area contributed by atoms with Crippen molar-refractivity contribution in [2.45, 2.75) is 6.42 Å². The molecule has 2 heterocycles. The molecule has 29 heavy (non-hydrogen) atoms. The van der Waals surface area contributed by atoms with Gasteiger partial charge in [-0.3, -0.25) is 20.1 Å². The average molecular weight is 392 g/mol. The van der Waals surface area contributed by atoms with Crippen molar-refractivity contribution in [3.63, 3.8) is 0 Å². The molecular weight excluding hydrogens is 372 g/mol. The Balaban J connectivity index is 1.58. The lowest BCUT2D eigenvalue weighted by atomic mass is 10.1. The standard InChI is InChI=1S/C20H20N6O3/c1-29-17-12-14(19(27)24-9-7-15-4-2-3-8-22-15)5-6-16(17)25-20(28)26-18-13-21-10-11-23-18/h2-6,8,10-13H,7,9H2,1H3,(H,24,27)(H2,23,25,26,28). The van der Waals surface area contributed by atoms with Gasteiger partial charge in [0.05, 0.1) is 19.0 Å². The van der Waals surface area contributed by atoms with E-state index in [0.29, 0.717) is 35.8 Å². The summed E-state index contributed by atoms with van der Waals surface area (Å²) in [6.07, 6.45) is 6.75. The zero-order chi connectivity index (χ0) is 20.5. The van der Waals surface area contributed by atoms with Gasteiger partial charge >= 0.3 is 6.03 Å². The molecule has 0 saturated carbocycles. The van der Waals surface area contributed by atoms with Gasteiger partial charge in [0, 0.05) is 42.8 Å². The molecule has 9 nitrogen and oxygen atoms in total. The highest BCUT2D eigenvalue weighted by Gasteiger charge is 2.12. The first-order chi connectivity index (χ1) is 14.2. The molecule has 0 atom stereocenters. The van der Waals surface area contributed by atoms with E-state index in [1.807, 2.05) is 18.2 Å². The van der Waals surface area contributed by atoms with E-state index in [-0.39, 0.29) is 5.91 Å². The minimum atomic E-state index is -0.503. The number of aromatic nitrogens is 3. The van der Waals surface area contributed by atoms with Crippen LogP contribution in [-0.4, -0.2) is 40.5 Å². The van der Waals surface area contributed by atoms with Crippen LogP contribution in [0.1, 0.15) is 16.1 Å². The summed E-state index contributed by atoms with van der Waals surface area (Å²) in [6.45, 7) is 0.457. The number of amides is 3. The number of ether oxygens (including phenoxy) is 1. The molecule has 0 bridgehead atoms. The number of urea groups is 1. The molecule has 0 radical (unpaired) electrons. The summed E-state index contributed by atoms with van der Waals surface area (Å²) in [4.78, 5) is 36.6. The molecule has 0 unspecified atom stereocenters. The summed E-state index contributed by atoms with van der Waals surface area (Å²) in [6, 6.07) is 9.92. The Morgan fingerprint density at radius 1 is 1.03 bits per heavy atom. The van der Waals surface area contributed by atoms with E-state index >= 15 is 0 Å². The fourth-order valence-electron chi connectivity index (χ4n) is 2.52. The van der Waals surface area contributed by atoms with Crippen LogP contribution in [0.15, 0.2) is 61.2 Å². The molecule has 0 aliphatic rings. The quantitative estimate of drug-likeness (QED) is 0.569. The average Bonchev–Trinajstić information content (AvgIpc) is 2.75. The molecular formula is C20H20N6O3. The van der Waals surface area contributed by atoms with Crippen LogP contribution in [0.25, 0.3) is 0 Å². The second kappa shape index (κ2) is 9.79. The van der Waals surface area contributed by atoms with E-state index in [2.05, 4.69) is 30.9 Å². The topological polar surface area (TPSA) is 118 Å². The number of benzene rings is 1. The summed E-state index contributed by atoms with van der Waals surface area (Å²) in [5.41, 5.74) is 1.74. The Labute approximate surface area is 167 Å². The molecule has 2 aromatic heterocycles. The molecule has 148 valence electrons. The Kier molecular flexibility index (Phi) is 6.66. The van der Waals surface area contributed by atoms with Crippen molar-refractivity contribution in [1.82, 2.24) is 20.3 Å². The second-order valence-electron chi connectivity index (χ2n) is 5.91. The highest BCUT2D eigenvalue weighted by atomic mass is 16.5. The third-order valence-electron chi connectivity index (χ3n) is 3.91. The predicted molar refractivity (Wildman–Crippen MR) is 108 cm³/mol. The lowest BCUT2D eigenvalue weighted by Gasteiger charge is -2.12. The van der Waals surface area contributed by atoms with E-state index in [0.717, 1.165) is 5.69 Å². The number of carbonyl (C=O) groups excluding carboxylic acids is 2. The van der Waals surface area contributed by atoms with Gasteiger partial charge < -0.3 is 15.4 Å². The molecule has 9 heteroatoms. The van der Waals surface area contributed by atoms with Crippen molar-refractivity contribution in [1.29, 1.82) is 0 Å². The van der Waals surface area contributed by atoms with Crippen LogP contribution in [0.2, 0.25) is 0 Å². The first kappa shape index (κ1) is 19.7. The third kappa shape index (κ3) is 5.73. The number of nitrogens with zero attached hydrogens (tertiary/aromatic N) is 3.